The number of nitrogens with zero attached hydrogens (tertiary/aromatic N) is 3. The molecule has 3 aliphatic rings. The van der Waals surface area contributed by atoms with Gasteiger partial charge in [0.25, 0.3) is 0 Å². The summed E-state index contributed by atoms with van der Waals surface area (Å²) in [5, 5.41) is 170. The highest BCUT2D eigenvalue weighted by Gasteiger charge is 2.48. The van der Waals surface area contributed by atoms with Gasteiger partial charge in [-0.2, -0.15) is 0 Å². The summed E-state index contributed by atoms with van der Waals surface area (Å²) in [6.45, 7) is 7.00. The van der Waals surface area contributed by atoms with E-state index in [0.717, 1.165) is 63.2 Å². The zero-order chi connectivity index (χ0) is 107. The largest absolute Gasteiger partial charge is 0.481 e. The van der Waals surface area contributed by atoms with Gasteiger partial charge in [0.1, 0.15) is 115 Å². The van der Waals surface area contributed by atoms with Gasteiger partial charge in [0.15, 0.2) is 0 Å². The number of aliphatic carboxylic acids is 2. The molecule has 1 aromatic carbocycles. The first-order valence-corrected chi connectivity index (χ1v) is 45.5. The van der Waals surface area contributed by atoms with E-state index in [1.807, 2.05) is 5.32 Å². The normalized spacial score (nSPS) is 19.5. The molecule has 3 saturated heterocycles. The number of rotatable bonds is 56. The highest BCUT2D eigenvalue weighted by atomic mass is 16.4. The number of carbonyl (C=O) groups excluding carboxylic acids is 20. The summed E-state index contributed by atoms with van der Waals surface area (Å²) in [6.07, 6.45) is -15.0. The van der Waals surface area contributed by atoms with Crippen LogP contribution >= 0.6 is 0 Å². The van der Waals surface area contributed by atoms with Crippen molar-refractivity contribution in [3.8, 4) is 0 Å². The van der Waals surface area contributed by atoms with Crippen LogP contribution in [0, 0.1) is 11.8 Å². The lowest BCUT2D eigenvalue weighted by Gasteiger charge is -2.32. The summed E-state index contributed by atoms with van der Waals surface area (Å²) in [6, 6.07) is -25.9. The third kappa shape index (κ3) is 36.0. The molecule has 3 fully saturated rings. The van der Waals surface area contributed by atoms with Crippen molar-refractivity contribution in [2.24, 2.45) is 23.3 Å². The van der Waals surface area contributed by atoms with Crippen LogP contribution in [-0.2, 0) is 112 Å². The second kappa shape index (κ2) is 57.1. The van der Waals surface area contributed by atoms with E-state index in [9.17, 15) is 172 Å². The minimum absolute atomic E-state index is 0.0184. The van der Waals surface area contributed by atoms with Crippen molar-refractivity contribution in [1.29, 1.82) is 0 Å². The molecule has 3 heterocycles. The van der Waals surface area contributed by atoms with Crippen LogP contribution in [0.2, 0.25) is 0 Å². The molecule has 0 bridgehead atoms. The SMILES string of the molecule is CC(C)[C@H](NC(=O)[C@@H](NC(=O)[C@H](CC(N)=O)NC(=O)[C@H](CO)NC(=O)[C@@H](NC(=O)[C@@H](NC(=O)[C@@H]1CCCN1C(=O)[C@@H](NC(=O)[C@H](CO)NC(=O)[C@@H](NC(=O)[C@@H](N)CO)[C@@H](C)O)[C@@H](C)O)C(C)C)[C@@H](C)O)[C@@H](C)O)C(=O)N[C@H](C(=O)NCC(=O)N[C@@H](CCC(=O)O)C(=O)N[C@H](C(=O)N[C@H](C(=O)N1CCC[C@H]1C(=O)N[C@@H](Cc1ccccc1)C(=O)N[C@@H](CO)C(=O)N1CCC[C@H]1C(=O)O)[C@@H](C)O)[C@@H](C)O)[C@@H](C)O. The maximum absolute atomic E-state index is 14.4. The first kappa shape index (κ1) is 120. The van der Waals surface area contributed by atoms with Crippen LogP contribution in [0.25, 0.3) is 0 Å². The Morgan fingerprint density at radius 1 is 0.340 bits per heavy atom. The minimum atomic E-state index is -2.14. The maximum Gasteiger partial charge on any atom is 0.326 e. The second-order valence-corrected chi connectivity index (χ2v) is 35.2. The standard InChI is InChI=1S/C85H135N21O35/c1-35(2)58(95-74(129)53-21-16-26-105(53)83(138)65(42(10)116)102-72(127)50(33-109)93-78(133)61(38(6)112)97-67(122)45(86)31-107)76(131)101-62(39(7)113)79(134)92-49(32-108)71(126)90-48(29-55(87)118)70(125)99-63(40(8)114)80(135)96-59(36(3)4)77(132)100-60(37(5)111)75(130)88-30-56(119)89-46(23-24-57(120)121)68(123)98-64(41(9)115)81(136)103-66(43(11)117)84(139)104-25-15-20-52(104)73(128)91-47(28-44-18-13-12-14-19-44)69(124)94-51(34-110)82(137)106-27-17-22-54(106)85(140)141/h12-14,18-19,35-43,45-54,58-66,107-117H,15-17,20-34,86H2,1-11H3,(H2,87,118)(H,88,130)(H,89,119)(H,90,126)(H,91,128)(H,92,134)(H,93,133)(H,94,124)(H,95,129)(H,96,135)(H,97,122)(H,98,123)(H,99,125)(H,100,132)(H,101,131)(H,102,127)(H,103,136)(H,120,121)(H,140,141)/t37-,38-,39-,40-,41-,42-,43-,45+,46+,47+,48+,49+,50+,51+,52+,53+,54+,58+,59+,60+,61+,62+,63+,64+,65+,66+/m1/s1. The van der Waals surface area contributed by atoms with Gasteiger partial charge in [0.05, 0.1) is 82.1 Å². The van der Waals surface area contributed by atoms with Crippen molar-refractivity contribution >= 4 is 130 Å². The zero-order valence-electron chi connectivity index (χ0n) is 79.6. The van der Waals surface area contributed by atoms with E-state index < -0.39 is 352 Å². The molecule has 3 aliphatic heterocycles. The van der Waals surface area contributed by atoms with E-state index in [2.05, 4.69) is 79.8 Å². The van der Waals surface area contributed by atoms with E-state index >= 15 is 0 Å². The van der Waals surface area contributed by atoms with Gasteiger partial charge >= 0.3 is 11.9 Å². The first-order valence-electron chi connectivity index (χ1n) is 45.5. The molecule has 1 aromatic rings. The average Bonchev–Trinajstić information content (AvgIpc) is 1.71. The molecular formula is C85H135N21O35. The first-order chi connectivity index (χ1) is 66.0. The molecule has 0 spiro atoms. The van der Waals surface area contributed by atoms with Crippen molar-refractivity contribution < 1.29 is 172 Å². The van der Waals surface area contributed by atoms with Crippen LogP contribution in [-0.4, -0.2) is 421 Å². The molecule has 56 heteroatoms. The Morgan fingerprint density at radius 3 is 1.06 bits per heavy atom. The number of carboxylic acid groups (broad SMARTS) is 2. The number of nitrogens with one attached hydrogen (secondary N) is 16. The number of amides is 20. The number of carbonyl (C=O) groups is 22. The molecule has 0 radical (unpaired) electrons. The van der Waals surface area contributed by atoms with Gasteiger partial charge in [-0.05, 0) is 111 Å². The Kier molecular flexibility index (Phi) is 48.8. The maximum atomic E-state index is 14.4. The van der Waals surface area contributed by atoms with Gasteiger partial charge in [-0.25, -0.2) is 4.79 Å². The smallest absolute Gasteiger partial charge is 0.326 e. The number of benzene rings is 1. The molecule has 33 N–H and O–H groups in total. The molecule has 0 aromatic heterocycles. The van der Waals surface area contributed by atoms with Crippen molar-refractivity contribution in [3.05, 3.63) is 35.9 Å². The number of hydrogen-bond donors (Lipinski definition) is 31. The minimum Gasteiger partial charge on any atom is -0.481 e. The predicted molar refractivity (Wildman–Crippen MR) is 482 cm³/mol. The lowest BCUT2D eigenvalue weighted by molar-refractivity contribution is -0.150. The zero-order valence-corrected chi connectivity index (χ0v) is 79.6. The monoisotopic (exact) mass is 2010 g/mol. The molecule has 141 heavy (non-hydrogen) atoms. The number of hydrogen-bond acceptors (Lipinski definition) is 34. The van der Waals surface area contributed by atoms with E-state index in [0.29, 0.717) is 12.0 Å². The fourth-order valence-corrected chi connectivity index (χ4v) is 15.1. The van der Waals surface area contributed by atoms with Crippen LogP contribution < -0.4 is 96.5 Å². The average molecular weight is 2010 g/mol. The Hall–Kier alpha value is -12.9. The van der Waals surface area contributed by atoms with Gasteiger partial charge in [0, 0.05) is 32.5 Å². The highest BCUT2D eigenvalue weighted by Crippen LogP contribution is 2.25. The lowest BCUT2D eigenvalue weighted by atomic mass is 10.0. The summed E-state index contributed by atoms with van der Waals surface area (Å²) in [5.41, 5.74) is 11.4. The van der Waals surface area contributed by atoms with E-state index in [1.54, 1.807) is 30.3 Å². The van der Waals surface area contributed by atoms with Crippen molar-refractivity contribution in [2.45, 2.75) is 298 Å². The molecule has 56 nitrogen and oxygen atoms in total. The van der Waals surface area contributed by atoms with Gasteiger partial charge in [0.2, 0.25) is 118 Å². The van der Waals surface area contributed by atoms with Crippen LogP contribution in [0.4, 0.5) is 0 Å². The Morgan fingerprint density at radius 2 is 0.660 bits per heavy atom. The summed E-state index contributed by atoms with van der Waals surface area (Å²) in [5.74, 6) is -29.0. The fourth-order valence-electron chi connectivity index (χ4n) is 15.1. The number of nitrogens with two attached hydrogens (primary N) is 2. The van der Waals surface area contributed by atoms with Crippen LogP contribution in [0.3, 0.4) is 0 Å². The molecule has 0 unspecified atom stereocenters. The molecule has 26 atom stereocenters. The van der Waals surface area contributed by atoms with Gasteiger partial charge in [-0.3, -0.25) is 101 Å². The lowest BCUT2D eigenvalue weighted by Crippen LogP contribution is -2.64. The third-order valence-corrected chi connectivity index (χ3v) is 23.0. The van der Waals surface area contributed by atoms with Crippen molar-refractivity contribution in [2.75, 3.05) is 52.6 Å². The van der Waals surface area contributed by atoms with Crippen molar-refractivity contribution in [1.82, 2.24) is 99.8 Å². The Labute approximate surface area is 808 Å². The number of primary amides is 1. The number of likely N-dealkylation sites (tertiary alicyclic amines) is 3. The van der Waals surface area contributed by atoms with Gasteiger partial charge in [-0.1, -0.05) is 58.0 Å². The summed E-state index contributed by atoms with van der Waals surface area (Å²) in [7, 11) is 0. The van der Waals surface area contributed by atoms with E-state index in [4.69, 9.17) is 11.5 Å². The summed E-state index contributed by atoms with van der Waals surface area (Å²) in [4.78, 5) is 302. The fraction of sp³-hybridized carbons (Fsp3) is 0.671. The van der Waals surface area contributed by atoms with Crippen LogP contribution in [0.15, 0.2) is 30.3 Å². The van der Waals surface area contributed by atoms with Crippen molar-refractivity contribution in [3.63, 3.8) is 0 Å². The molecular weight excluding hydrogens is 1880 g/mol. The number of aliphatic hydroxyl groups is 11. The topological polar surface area (TPSA) is 893 Å². The summed E-state index contributed by atoms with van der Waals surface area (Å²) < 4.78 is 0. The quantitative estimate of drug-likeness (QED) is 0.0288. The molecule has 790 valence electrons. The molecule has 0 saturated carbocycles. The number of carboxylic acids is 2. The highest BCUT2D eigenvalue weighted by molar-refractivity contribution is 6.03. The summed E-state index contributed by atoms with van der Waals surface area (Å²) >= 11 is 0. The van der Waals surface area contributed by atoms with Crippen LogP contribution in [0.1, 0.15) is 140 Å². The Bertz CT molecular complexity index is 4560. The van der Waals surface area contributed by atoms with Crippen LogP contribution in [0.5, 0.6) is 0 Å². The van der Waals surface area contributed by atoms with E-state index in [1.165, 1.54) is 27.7 Å². The molecule has 20 amide bonds. The Balaban J connectivity index is 1.42. The van der Waals surface area contributed by atoms with Gasteiger partial charge in [-0.15, -0.1) is 0 Å². The predicted octanol–water partition coefficient (Wildman–Crippen LogP) is -16.3. The third-order valence-electron chi connectivity index (χ3n) is 23.0. The van der Waals surface area contributed by atoms with E-state index in [-0.39, 0.29) is 58.2 Å². The molecule has 4 rings (SSSR count). The number of aliphatic hydroxyl groups excluding tert-OH is 11. The molecule has 0 aliphatic carbocycles. The van der Waals surface area contributed by atoms with Gasteiger partial charge < -0.3 is 178 Å². The second-order valence-electron chi connectivity index (χ2n) is 35.2.